The fraction of sp³-hybridized carbons (Fsp3) is 0.273. The van der Waals surface area contributed by atoms with Crippen LogP contribution >= 0.6 is 15.9 Å². The molecule has 0 spiro atoms. The first kappa shape index (κ1) is 22.5. The maximum atomic E-state index is 12.4. The van der Waals surface area contributed by atoms with Crippen molar-refractivity contribution in [1.82, 2.24) is 4.90 Å². The second-order valence-corrected chi connectivity index (χ2v) is 7.12. The third-order valence-corrected chi connectivity index (χ3v) is 4.56. The van der Waals surface area contributed by atoms with E-state index in [4.69, 9.17) is 14.2 Å². The van der Waals surface area contributed by atoms with Crippen LogP contribution in [-0.4, -0.2) is 51.0 Å². The minimum atomic E-state index is -0.148. The molecule has 0 heterocycles. The van der Waals surface area contributed by atoms with E-state index in [1.165, 1.54) is 11.0 Å². The van der Waals surface area contributed by atoms with E-state index in [0.29, 0.717) is 29.4 Å². The lowest BCUT2D eigenvalue weighted by Gasteiger charge is -2.12. The molecule has 0 bridgehead atoms. The van der Waals surface area contributed by atoms with Gasteiger partial charge in [0.05, 0.1) is 18.2 Å². The Morgan fingerprint density at radius 2 is 1.79 bits per heavy atom. The number of rotatable bonds is 9. The van der Waals surface area contributed by atoms with Gasteiger partial charge in [0.2, 0.25) is 0 Å². The van der Waals surface area contributed by atoms with Crippen LogP contribution in [0.25, 0.3) is 6.08 Å². The maximum Gasteiger partial charge on any atom is 0.259 e. The second-order valence-electron chi connectivity index (χ2n) is 6.27. The van der Waals surface area contributed by atoms with Gasteiger partial charge < -0.3 is 19.1 Å². The molecule has 2 aromatic carbocycles. The number of amides is 1. The molecule has 7 heteroatoms. The summed E-state index contributed by atoms with van der Waals surface area (Å²) in [6.45, 7) is 2.37. The molecular weight excluding hydrogens is 438 g/mol. The Morgan fingerprint density at radius 3 is 2.38 bits per heavy atom. The minimum Gasteiger partial charge on any atom is -0.493 e. The predicted octanol–water partition coefficient (Wildman–Crippen LogP) is 4.22. The molecule has 0 fully saturated rings. The van der Waals surface area contributed by atoms with Crippen molar-refractivity contribution in [3.63, 3.8) is 0 Å². The van der Waals surface area contributed by atoms with Crippen LogP contribution in [0.3, 0.4) is 0 Å². The standard InChI is InChI=1S/C22H24BrNO5/c1-5-28-22-18(23)12-15(13-20(22)27-4)6-11-19(25)16-7-9-17(10-8-16)29-14-21(26)24(2)3/h6-13H,5,14H2,1-4H3/b11-6+. The van der Waals surface area contributed by atoms with E-state index in [2.05, 4.69) is 15.9 Å². The average molecular weight is 462 g/mol. The Morgan fingerprint density at radius 1 is 1.10 bits per heavy atom. The first-order chi connectivity index (χ1) is 13.8. The fourth-order valence-electron chi connectivity index (χ4n) is 2.38. The lowest BCUT2D eigenvalue weighted by atomic mass is 10.1. The fourth-order valence-corrected chi connectivity index (χ4v) is 2.95. The molecule has 154 valence electrons. The number of likely N-dealkylation sites (N-methyl/N-ethyl adjacent to an activating group) is 1. The van der Waals surface area contributed by atoms with Gasteiger partial charge in [-0.1, -0.05) is 6.08 Å². The van der Waals surface area contributed by atoms with Crippen LogP contribution < -0.4 is 14.2 Å². The third-order valence-electron chi connectivity index (χ3n) is 3.97. The Kier molecular flexibility index (Phi) is 8.27. The molecule has 0 aliphatic heterocycles. The molecule has 0 saturated carbocycles. The van der Waals surface area contributed by atoms with E-state index < -0.39 is 0 Å². The van der Waals surface area contributed by atoms with Crippen molar-refractivity contribution in [3.05, 3.63) is 58.1 Å². The molecule has 0 unspecified atom stereocenters. The number of halogens is 1. The zero-order valence-corrected chi connectivity index (χ0v) is 18.5. The van der Waals surface area contributed by atoms with Gasteiger partial charge in [0, 0.05) is 19.7 Å². The van der Waals surface area contributed by atoms with Gasteiger partial charge in [-0.15, -0.1) is 0 Å². The van der Waals surface area contributed by atoms with Crippen molar-refractivity contribution < 1.29 is 23.8 Å². The van der Waals surface area contributed by atoms with Gasteiger partial charge in [0.25, 0.3) is 5.91 Å². The van der Waals surface area contributed by atoms with Crippen LogP contribution in [0.5, 0.6) is 17.2 Å². The van der Waals surface area contributed by atoms with Gasteiger partial charge in [0.15, 0.2) is 23.9 Å². The van der Waals surface area contributed by atoms with Crippen molar-refractivity contribution in [2.75, 3.05) is 34.4 Å². The summed E-state index contributed by atoms with van der Waals surface area (Å²) in [6.07, 6.45) is 3.21. The van der Waals surface area contributed by atoms with Gasteiger partial charge in [0.1, 0.15) is 5.75 Å². The summed E-state index contributed by atoms with van der Waals surface area (Å²) in [7, 11) is 4.90. The van der Waals surface area contributed by atoms with E-state index in [9.17, 15) is 9.59 Å². The molecule has 0 atom stereocenters. The monoisotopic (exact) mass is 461 g/mol. The summed E-state index contributed by atoms with van der Waals surface area (Å²) in [5.74, 6) is 1.46. The Bertz CT molecular complexity index is 891. The van der Waals surface area contributed by atoms with E-state index in [-0.39, 0.29) is 18.3 Å². The molecule has 2 rings (SSSR count). The second kappa shape index (κ2) is 10.7. The maximum absolute atomic E-state index is 12.4. The van der Waals surface area contributed by atoms with Gasteiger partial charge >= 0.3 is 0 Å². The summed E-state index contributed by atoms with van der Waals surface area (Å²) in [4.78, 5) is 25.4. The molecule has 0 aliphatic carbocycles. The topological polar surface area (TPSA) is 65.1 Å². The largest absolute Gasteiger partial charge is 0.493 e. The highest BCUT2D eigenvalue weighted by Gasteiger charge is 2.11. The van der Waals surface area contributed by atoms with E-state index in [1.54, 1.807) is 57.6 Å². The van der Waals surface area contributed by atoms with Crippen LogP contribution in [0.4, 0.5) is 0 Å². The quantitative estimate of drug-likeness (QED) is 0.413. The minimum absolute atomic E-state index is 0.0470. The van der Waals surface area contributed by atoms with Crippen LogP contribution in [0.1, 0.15) is 22.8 Å². The number of ketones is 1. The lowest BCUT2D eigenvalue weighted by Crippen LogP contribution is -2.27. The SMILES string of the molecule is CCOc1c(Br)cc(/C=C/C(=O)c2ccc(OCC(=O)N(C)C)cc2)cc1OC. The molecular formula is C22H24BrNO5. The Labute approximate surface area is 179 Å². The van der Waals surface area contributed by atoms with Crippen LogP contribution in [0.15, 0.2) is 46.9 Å². The Balaban J connectivity index is 2.07. The highest BCUT2D eigenvalue weighted by atomic mass is 79.9. The van der Waals surface area contributed by atoms with Gasteiger partial charge in [-0.05, 0) is 70.9 Å². The molecule has 0 saturated heterocycles. The Hall–Kier alpha value is -2.80. The molecule has 29 heavy (non-hydrogen) atoms. The van der Waals surface area contributed by atoms with E-state index in [1.807, 2.05) is 13.0 Å². The number of nitrogens with zero attached hydrogens (tertiary/aromatic N) is 1. The average Bonchev–Trinajstić information content (AvgIpc) is 2.72. The van der Waals surface area contributed by atoms with Crippen molar-refractivity contribution in [2.45, 2.75) is 6.92 Å². The first-order valence-electron chi connectivity index (χ1n) is 9.01. The van der Waals surface area contributed by atoms with E-state index in [0.717, 1.165) is 10.0 Å². The molecule has 2 aromatic rings. The zero-order chi connectivity index (χ0) is 21.4. The van der Waals surface area contributed by atoms with Gasteiger partial charge in [-0.2, -0.15) is 0 Å². The van der Waals surface area contributed by atoms with Crippen molar-refractivity contribution >= 4 is 33.7 Å². The summed E-state index contributed by atoms with van der Waals surface area (Å²) >= 11 is 3.47. The van der Waals surface area contributed by atoms with Gasteiger partial charge in [-0.25, -0.2) is 0 Å². The van der Waals surface area contributed by atoms with Crippen LogP contribution in [0, 0.1) is 0 Å². The highest BCUT2D eigenvalue weighted by molar-refractivity contribution is 9.10. The zero-order valence-electron chi connectivity index (χ0n) is 16.9. The molecule has 0 N–H and O–H groups in total. The molecule has 0 aromatic heterocycles. The van der Waals surface area contributed by atoms with E-state index >= 15 is 0 Å². The molecule has 1 amide bonds. The summed E-state index contributed by atoms with van der Waals surface area (Å²) in [5, 5.41) is 0. The summed E-state index contributed by atoms with van der Waals surface area (Å²) in [5.41, 5.74) is 1.32. The number of hydrogen-bond donors (Lipinski definition) is 0. The highest BCUT2D eigenvalue weighted by Crippen LogP contribution is 2.37. The molecule has 0 radical (unpaired) electrons. The van der Waals surface area contributed by atoms with Gasteiger partial charge in [-0.3, -0.25) is 9.59 Å². The molecule has 6 nitrogen and oxygen atoms in total. The normalized spacial score (nSPS) is 10.7. The smallest absolute Gasteiger partial charge is 0.259 e. The summed E-state index contributed by atoms with van der Waals surface area (Å²) < 4.78 is 17.1. The number of carbonyl (C=O) groups is 2. The summed E-state index contributed by atoms with van der Waals surface area (Å²) in [6, 6.07) is 10.3. The number of ether oxygens (including phenoxy) is 3. The predicted molar refractivity (Wildman–Crippen MR) is 116 cm³/mol. The van der Waals surface area contributed by atoms with Crippen molar-refractivity contribution in [3.8, 4) is 17.2 Å². The number of hydrogen-bond acceptors (Lipinski definition) is 5. The third kappa shape index (κ3) is 6.35. The number of methoxy groups -OCH3 is 1. The number of allylic oxidation sites excluding steroid dienone is 1. The van der Waals surface area contributed by atoms with Crippen molar-refractivity contribution in [1.29, 1.82) is 0 Å². The van der Waals surface area contributed by atoms with Crippen molar-refractivity contribution in [2.24, 2.45) is 0 Å². The number of benzene rings is 2. The van der Waals surface area contributed by atoms with Crippen LogP contribution in [0.2, 0.25) is 0 Å². The molecule has 0 aliphatic rings. The van der Waals surface area contributed by atoms with Crippen LogP contribution in [-0.2, 0) is 4.79 Å². The lowest BCUT2D eigenvalue weighted by molar-refractivity contribution is -0.130. The first-order valence-corrected chi connectivity index (χ1v) is 9.80. The number of carbonyl (C=O) groups excluding carboxylic acids is 2.